The first-order valence-electron chi connectivity index (χ1n) is 5.36. The fraction of sp³-hybridized carbons (Fsp3) is 0.0769. The Bertz CT molecular complexity index is 526. The summed E-state index contributed by atoms with van der Waals surface area (Å²) >= 11 is 3.23. The normalized spacial score (nSPS) is 11.3. The van der Waals surface area contributed by atoms with Crippen LogP contribution in [0.1, 0.15) is 11.3 Å². The SMILES string of the molecule is N/C=C(/OCc1ccccc1)c1cnc(Br)cn1. The van der Waals surface area contributed by atoms with Crippen LogP contribution in [0.25, 0.3) is 5.76 Å². The second-order valence-electron chi connectivity index (χ2n) is 3.53. The fourth-order valence-corrected chi connectivity index (χ4v) is 1.59. The summed E-state index contributed by atoms with van der Waals surface area (Å²) in [5.74, 6) is 0.513. The molecular weight excluding hydrogens is 294 g/mol. The van der Waals surface area contributed by atoms with E-state index < -0.39 is 0 Å². The molecule has 2 N–H and O–H groups in total. The van der Waals surface area contributed by atoms with Crippen LogP contribution in [0, 0.1) is 0 Å². The molecule has 0 saturated heterocycles. The van der Waals surface area contributed by atoms with Crippen molar-refractivity contribution in [2.75, 3.05) is 0 Å². The van der Waals surface area contributed by atoms with Crippen LogP contribution in [0.4, 0.5) is 0 Å². The van der Waals surface area contributed by atoms with Gasteiger partial charge in [-0.05, 0) is 21.5 Å². The molecule has 4 nitrogen and oxygen atoms in total. The minimum atomic E-state index is 0.446. The molecule has 1 aromatic carbocycles. The second-order valence-corrected chi connectivity index (χ2v) is 4.34. The Labute approximate surface area is 114 Å². The molecule has 0 saturated carbocycles. The van der Waals surface area contributed by atoms with Crippen molar-refractivity contribution in [1.29, 1.82) is 0 Å². The number of hydrogen-bond acceptors (Lipinski definition) is 4. The smallest absolute Gasteiger partial charge is 0.162 e. The van der Waals surface area contributed by atoms with Crippen molar-refractivity contribution >= 4 is 21.7 Å². The lowest BCUT2D eigenvalue weighted by Gasteiger charge is -2.09. The zero-order valence-corrected chi connectivity index (χ0v) is 11.2. The highest BCUT2D eigenvalue weighted by atomic mass is 79.9. The van der Waals surface area contributed by atoms with Crippen LogP contribution in [-0.2, 0) is 11.3 Å². The summed E-state index contributed by atoms with van der Waals surface area (Å²) in [7, 11) is 0. The van der Waals surface area contributed by atoms with Gasteiger partial charge in [0.2, 0.25) is 0 Å². The van der Waals surface area contributed by atoms with Gasteiger partial charge in [0.15, 0.2) is 5.76 Å². The number of halogens is 1. The average molecular weight is 306 g/mol. The average Bonchev–Trinajstić information content (AvgIpc) is 2.42. The van der Waals surface area contributed by atoms with Gasteiger partial charge in [0.1, 0.15) is 16.9 Å². The molecule has 2 aromatic rings. The van der Waals surface area contributed by atoms with Crippen molar-refractivity contribution < 1.29 is 4.74 Å². The van der Waals surface area contributed by atoms with E-state index in [-0.39, 0.29) is 0 Å². The van der Waals surface area contributed by atoms with Gasteiger partial charge in [-0.2, -0.15) is 0 Å². The molecule has 0 atom stereocenters. The zero-order valence-electron chi connectivity index (χ0n) is 9.58. The highest BCUT2D eigenvalue weighted by Crippen LogP contribution is 2.15. The summed E-state index contributed by atoms with van der Waals surface area (Å²) in [5.41, 5.74) is 7.22. The largest absolute Gasteiger partial charge is 0.485 e. The molecule has 0 radical (unpaired) electrons. The quantitative estimate of drug-likeness (QED) is 0.882. The van der Waals surface area contributed by atoms with Crippen LogP contribution in [0.5, 0.6) is 0 Å². The second kappa shape index (κ2) is 6.16. The Kier molecular flexibility index (Phi) is 4.30. The Morgan fingerprint density at radius 3 is 2.61 bits per heavy atom. The molecule has 0 aliphatic rings. The first-order chi connectivity index (χ1) is 8.79. The van der Waals surface area contributed by atoms with Crippen molar-refractivity contribution in [2.24, 2.45) is 5.73 Å². The third-order valence-electron chi connectivity index (χ3n) is 2.26. The first-order valence-corrected chi connectivity index (χ1v) is 6.15. The van der Waals surface area contributed by atoms with E-state index >= 15 is 0 Å². The van der Waals surface area contributed by atoms with Gasteiger partial charge in [0.25, 0.3) is 0 Å². The van der Waals surface area contributed by atoms with E-state index in [2.05, 4.69) is 25.9 Å². The number of nitrogens with zero attached hydrogens (tertiary/aromatic N) is 2. The molecule has 18 heavy (non-hydrogen) atoms. The van der Waals surface area contributed by atoms with Gasteiger partial charge in [0, 0.05) is 6.20 Å². The van der Waals surface area contributed by atoms with E-state index in [1.165, 1.54) is 6.20 Å². The van der Waals surface area contributed by atoms with Crippen LogP contribution >= 0.6 is 15.9 Å². The van der Waals surface area contributed by atoms with E-state index in [4.69, 9.17) is 10.5 Å². The van der Waals surface area contributed by atoms with Crippen LogP contribution in [0.15, 0.2) is 53.5 Å². The zero-order chi connectivity index (χ0) is 12.8. The predicted octanol–water partition coefficient (Wildman–Crippen LogP) is 2.71. The molecule has 1 aromatic heterocycles. The molecule has 0 amide bonds. The van der Waals surface area contributed by atoms with E-state index in [0.29, 0.717) is 22.7 Å². The van der Waals surface area contributed by atoms with Crippen molar-refractivity contribution in [3.63, 3.8) is 0 Å². The van der Waals surface area contributed by atoms with Crippen LogP contribution in [0.3, 0.4) is 0 Å². The Morgan fingerprint density at radius 1 is 1.22 bits per heavy atom. The number of ether oxygens (including phenoxy) is 1. The summed E-state index contributed by atoms with van der Waals surface area (Å²) in [6.45, 7) is 0.446. The molecule has 0 unspecified atom stereocenters. The number of rotatable bonds is 4. The number of hydrogen-bond donors (Lipinski definition) is 1. The van der Waals surface area contributed by atoms with E-state index in [1.807, 2.05) is 30.3 Å². The molecule has 92 valence electrons. The van der Waals surface area contributed by atoms with Gasteiger partial charge in [0.05, 0.1) is 12.4 Å². The first kappa shape index (κ1) is 12.6. The molecule has 0 fully saturated rings. The summed E-state index contributed by atoms with van der Waals surface area (Å²) in [6.07, 6.45) is 4.60. The number of aromatic nitrogens is 2. The summed E-state index contributed by atoms with van der Waals surface area (Å²) in [6, 6.07) is 9.86. The number of nitrogens with two attached hydrogens (primary N) is 1. The van der Waals surface area contributed by atoms with Crippen molar-refractivity contribution in [1.82, 2.24) is 9.97 Å². The highest BCUT2D eigenvalue weighted by molar-refractivity contribution is 9.10. The fourth-order valence-electron chi connectivity index (χ4n) is 1.38. The number of benzene rings is 1. The molecule has 1 heterocycles. The van der Waals surface area contributed by atoms with Crippen LogP contribution in [0.2, 0.25) is 0 Å². The van der Waals surface area contributed by atoms with Crippen LogP contribution in [-0.4, -0.2) is 9.97 Å². The molecule has 0 aliphatic heterocycles. The topological polar surface area (TPSA) is 61.0 Å². The minimum Gasteiger partial charge on any atom is -0.485 e. The predicted molar refractivity (Wildman–Crippen MR) is 73.1 cm³/mol. The Balaban J connectivity index is 2.05. The minimum absolute atomic E-state index is 0.446. The summed E-state index contributed by atoms with van der Waals surface area (Å²) < 4.78 is 6.29. The van der Waals surface area contributed by atoms with Crippen molar-refractivity contribution in [3.05, 3.63) is 64.8 Å². The highest BCUT2D eigenvalue weighted by Gasteiger charge is 2.05. The maximum Gasteiger partial charge on any atom is 0.162 e. The van der Waals surface area contributed by atoms with Crippen LogP contribution < -0.4 is 5.73 Å². The molecule has 5 heteroatoms. The molecule has 0 aliphatic carbocycles. The maximum atomic E-state index is 5.62. The molecular formula is C13H12BrN3O. The third-order valence-corrected chi connectivity index (χ3v) is 2.67. The van der Waals surface area contributed by atoms with Crippen molar-refractivity contribution in [2.45, 2.75) is 6.61 Å². The molecule has 0 bridgehead atoms. The monoisotopic (exact) mass is 305 g/mol. The van der Waals surface area contributed by atoms with Gasteiger partial charge < -0.3 is 10.5 Å². The summed E-state index contributed by atoms with van der Waals surface area (Å²) in [4.78, 5) is 8.26. The molecule has 2 rings (SSSR count). The van der Waals surface area contributed by atoms with Crippen molar-refractivity contribution in [3.8, 4) is 0 Å². The van der Waals surface area contributed by atoms with Gasteiger partial charge >= 0.3 is 0 Å². The summed E-state index contributed by atoms with van der Waals surface area (Å²) in [5, 5.41) is 0. The van der Waals surface area contributed by atoms with E-state index in [0.717, 1.165) is 5.56 Å². The standard InChI is InChI=1S/C13H12BrN3O/c14-13-8-16-11(7-17-13)12(6-15)18-9-10-4-2-1-3-5-10/h1-8H,9,15H2/b12-6+. The van der Waals surface area contributed by atoms with E-state index in [1.54, 1.807) is 12.4 Å². The Hall–Kier alpha value is -1.88. The van der Waals surface area contributed by atoms with Gasteiger partial charge in [-0.25, -0.2) is 9.97 Å². The lowest BCUT2D eigenvalue weighted by Crippen LogP contribution is -1.99. The van der Waals surface area contributed by atoms with Gasteiger partial charge in [-0.15, -0.1) is 0 Å². The molecule has 0 spiro atoms. The maximum absolute atomic E-state index is 5.62. The van der Waals surface area contributed by atoms with Gasteiger partial charge in [-0.1, -0.05) is 30.3 Å². The van der Waals surface area contributed by atoms with Gasteiger partial charge in [-0.3, -0.25) is 0 Å². The third kappa shape index (κ3) is 3.30. The van der Waals surface area contributed by atoms with E-state index in [9.17, 15) is 0 Å². The Morgan fingerprint density at radius 2 is 2.00 bits per heavy atom. The lowest BCUT2D eigenvalue weighted by molar-refractivity contribution is 0.262. The lowest BCUT2D eigenvalue weighted by atomic mass is 10.2.